The van der Waals surface area contributed by atoms with Crippen molar-refractivity contribution in [3.63, 3.8) is 0 Å². The molecule has 0 aromatic rings. The molecule has 0 aromatic carbocycles. The monoisotopic (exact) mass is 922 g/mol. The number of nitrogens with one attached hydrogen (secondary N) is 1. The predicted octanol–water partition coefficient (Wildman–Crippen LogP) is 10.00. The molecule has 0 rings (SSSR count). The molecule has 0 atom stereocenters. The van der Waals surface area contributed by atoms with E-state index in [0.29, 0.717) is 6.54 Å². The Morgan fingerprint density at radius 2 is 0.714 bits per heavy atom. The van der Waals surface area contributed by atoms with Gasteiger partial charge >= 0.3 is 83.2 Å². The lowest BCUT2D eigenvalue weighted by Crippen LogP contribution is -2.79. The number of amides is 1. The summed E-state index contributed by atoms with van der Waals surface area (Å²) < 4.78 is 395. The molecule has 1 N–H and O–H groups in total. The van der Waals surface area contributed by atoms with Crippen molar-refractivity contribution in [3.05, 3.63) is 0 Å². The highest BCUT2D eigenvalue weighted by molar-refractivity contribution is 7.99. The number of hydrogen-bond donors (Lipinski definition) is 1. The van der Waals surface area contributed by atoms with Crippen LogP contribution >= 0.6 is 11.8 Å². The number of hydrogen-bond acceptors (Lipinski definition) is 3. The SMILES string of the molecule is CN(C)CCCNC(=O)CSCCC(F)(F)C(F)(F)C(F)(F)C(F)(F)C(F)(F)C(F)(F)C(F)(F)C(F)(F)C(F)(F)C(F)(F)C(F)(F)C(F)(F)C(F)(F)C(F)(F)F. The summed E-state index contributed by atoms with van der Waals surface area (Å²) in [5.41, 5.74) is 0. The third kappa shape index (κ3) is 7.92. The number of carbonyl (C=O) groups excluding carboxylic acids is 1. The van der Waals surface area contributed by atoms with E-state index in [1.54, 1.807) is 19.0 Å². The summed E-state index contributed by atoms with van der Waals surface area (Å²) >= 11 is -0.236. The molecule has 0 unspecified atom stereocenters. The molecule has 336 valence electrons. The van der Waals surface area contributed by atoms with E-state index in [4.69, 9.17) is 0 Å². The van der Waals surface area contributed by atoms with E-state index in [2.05, 4.69) is 5.32 Å². The van der Waals surface area contributed by atoms with Gasteiger partial charge < -0.3 is 10.2 Å². The van der Waals surface area contributed by atoms with Gasteiger partial charge in [0.25, 0.3) is 0 Å². The predicted molar refractivity (Wildman–Crippen MR) is 128 cm³/mol. The van der Waals surface area contributed by atoms with E-state index in [9.17, 15) is 132 Å². The van der Waals surface area contributed by atoms with Crippen LogP contribution in [0.2, 0.25) is 0 Å². The first kappa shape index (κ1) is 53.8. The minimum atomic E-state index is -9.95. The molecule has 56 heavy (non-hydrogen) atoms. The highest BCUT2D eigenvalue weighted by Crippen LogP contribution is 2.69. The summed E-state index contributed by atoms with van der Waals surface area (Å²) in [5.74, 6) is -124. The van der Waals surface area contributed by atoms with Crippen LogP contribution in [0.4, 0.5) is 127 Å². The average molecular weight is 922 g/mol. The third-order valence-electron chi connectivity index (χ3n) is 7.05. The molecule has 0 heterocycles. The number of alkyl halides is 29. The zero-order valence-electron chi connectivity index (χ0n) is 26.5. The Labute approximate surface area is 295 Å². The Balaban J connectivity index is 6.89. The van der Waals surface area contributed by atoms with E-state index < -0.39 is 107 Å². The van der Waals surface area contributed by atoms with Crippen molar-refractivity contribution in [2.75, 3.05) is 38.7 Å². The molecule has 0 aliphatic carbocycles. The number of carbonyl (C=O) groups is 1. The summed E-state index contributed by atoms with van der Waals surface area (Å²) in [5, 5.41) is 2.07. The van der Waals surface area contributed by atoms with Gasteiger partial charge in [0.1, 0.15) is 0 Å². The second-order valence-corrected chi connectivity index (χ2v) is 12.5. The van der Waals surface area contributed by atoms with Crippen molar-refractivity contribution >= 4 is 17.7 Å². The molecule has 0 aliphatic heterocycles. The first-order valence-corrected chi connectivity index (χ1v) is 14.7. The Bertz CT molecular complexity index is 1360. The van der Waals surface area contributed by atoms with Gasteiger partial charge in [-0.15, -0.1) is 0 Å². The van der Waals surface area contributed by atoms with Crippen LogP contribution in [0.25, 0.3) is 0 Å². The van der Waals surface area contributed by atoms with Crippen molar-refractivity contribution in [1.29, 1.82) is 0 Å². The van der Waals surface area contributed by atoms with E-state index >= 15 is 0 Å². The Morgan fingerprint density at radius 3 is 0.982 bits per heavy atom. The zero-order valence-corrected chi connectivity index (χ0v) is 27.3. The Morgan fingerprint density at radius 1 is 0.446 bits per heavy atom. The first-order valence-electron chi connectivity index (χ1n) is 13.5. The van der Waals surface area contributed by atoms with E-state index in [1.807, 2.05) is 0 Å². The topological polar surface area (TPSA) is 32.3 Å². The normalized spacial score (nSPS) is 16.1. The second-order valence-electron chi connectivity index (χ2n) is 11.4. The van der Waals surface area contributed by atoms with E-state index in [1.165, 1.54) is 0 Å². The fourth-order valence-electron chi connectivity index (χ4n) is 3.58. The van der Waals surface area contributed by atoms with Gasteiger partial charge in [0, 0.05) is 13.0 Å². The van der Waals surface area contributed by atoms with Crippen molar-refractivity contribution in [2.24, 2.45) is 0 Å². The Kier molecular flexibility index (Phi) is 14.8. The molecule has 0 aromatic heterocycles. The lowest BCUT2D eigenvalue weighted by Gasteiger charge is -2.46. The molecule has 0 spiro atoms. The summed E-state index contributed by atoms with van der Waals surface area (Å²) in [6, 6.07) is 0. The van der Waals surface area contributed by atoms with Crippen LogP contribution < -0.4 is 5.32 Å². The van der Waals surface area contributed by atoms with Gasteiger partial charge in [-0.1, -0.05) is 0 Å². The smallest absolute Gasteiger partial charge is 0.355 e. The van der Waals surface area contributed by atoms with Crippen molar-refractivity contribution in [2.45, 2.75) is 96.0 Å². The molecule has 1 amide bonds. The highest BCUT2D eigenvalue weighted by atomic mass is 32.2. The fourth-order valence-corrected chi connectivity index (χ4v) is 4.41. The average Bonchev–Trinajstić information content (AvgIpc) is 2.99. The van der Waals surface area contributed by atoms with Crippen molar-refractivity contribution in [1.82, 2.24) is 10.2 Å². The van der Waals surface area contributed by atoms with Crippen molar-refractivity contribution in [3.8, 4) is 0 Å². The minimum Gasteiger partial charge on any atom is -0.355 e. The lowest BCUT2D eigenvalue weighted by atomic mass is 9.83. The third-order valence-corrected chi connectivity index (χ3v) is 8.01. The van der Waals surface area contributed by atoms with E-state index in [0.717, 1.165) is 0 Å². The highest BCUT2D eigenvalue weighted by Gasteiger charge is 3.00. The molecule has 3 nitrogen and oxygen atoms in total. The Hall–Kier alpha value is -2.25. The maximum Gasteiger partial charge on any atom is 0.460 e. The summed E-state index contributed by atoms with van der Waals surface area (Å²) in [4.78, 5) is 13.1. The van der Waals surface area contributed by atoms with Crippen LogP contribution in [-0.4, -0.2) is 133 Å². The molecule has 0 radical (unpaired) electrons. The standard InChI is InChI=1S/C23H19F29N2OS/c1-54(2)6-3-5-53-9(55)8-56-7-4-10(24,25)11(26,27)12(28,29)13(30,31)14(32,33)15(34,35)16(36,37)17(38,39)18(40,41)19(42,43)20(44,45)21(46,47)22(48,49)23(50,51)52/h3-8H2,1-2H3,(H,53,55). The molecular weight excluding hydrogens is 903 g/mol. The van der Waals surface area contributed by atoms with Crippen LogP contribution in [0, 0.1) is 0 Å². The molecule has 0 bridgehead atoms. The molecule has 33 heteroatoms. The van der Waals surface area contributed by atoms with Crippen LogP contribution in [0.1, 0.15) is 12.8 Å². The molecule has 0 saturated heterocycles. The van der Waals surface area contributed by atoms with Gasteiger partial charge in [-0.05, 0) is 32.8 Å². The fraction of sp³-hybridized carbons (Fsp3) is 0.957. The van der Waals surface area contributed by atoms with Gasteiger partial charge in [0.15, 0.2) is 0 Å². The van der Waals surface area contributed by atoms with Gasteiger partial charge in [0.05, 0.1) is 5.75 Å². The number of thioether (sulfide) groups is 1. The van der Waals surface area contributed by atoms with Crippen LogP contribution in [0.3, 0.4) is 0 Å². The largest absolute Gasteiger partial charge is 0.460 e. The molecule has 0 saturated carbocycles. The van der Waals surface area contributed by atoms with Crippen molar-refractivity contribution < 1.29 is 132 Å². The zero-order chi connectivity index (χ0) is 45.8. The summed E-state index contributed by atoms with van der Waals surface area (Å²) in [6.45, 7) is 0.194. The lowest BCUT2D eigenvalue weighted by molar-refractivity contribution is -0.487. The number of halogens is 29. The van der Waals surface area contributed by atoms with E-state index in [-0.39, 0.29) is 24.7 Å². The van der Waals surface area contributed by atoms with Crippen LogP contribution in [-0.2, 0) is 4.79 Å². The maximum absolute atomic E-state index is 14.1. The molecule has 0 aliphatic rings. The quantitative estimate of drug-likeness (QED) is 0.0920. The molecule has 0 fully saturated rings. The molecular formula is C23H19F29N2OS. The second kappa shape index (κ2) is 15.4. The van der Waals surface area contributed by atoms with Gasteiger partial charge in [0.2, 0.25) is 5.91 Å². The minimum absolute atomic E-state index is 0.139. The first-order chi connectivity index (χ1) is 24.1. The number of rotatable bonds is 21. The van der Waals surface area contributed by atoms with Gasteiger partial charge in [-0.2, -0.15) is 139 Å². The number of nitrogens with zero attached hydrogens (tertiary/aromatic N) is 1. The van der Waals surface area contributed by atoms with Crippen LogP contribution in [0.5, 0.6) is 0 Å². The summed E-state index contributed by atoms with van der Waals surface area (Å²) in [6.07, 6.45) is -11.0. The van der Waals surface area contributed by atoms with Gasteiger partial charge in [-0.25, -0.2) is 0 Å². The van der Waals surface area contributed by atoms with Gasteiger partial charge in [-0.3, -0.25) is 4.79 Å². The van der Waals surface area contributed by atoms with Crippen LogP contribution in [0.15, 0.2) is 0 Å². The maximum atomic E-state index is 14.1. The summed E-state index contributed by atoms with van der Waals surface area (Å²) in [7, 11) is 3.12.